The van der Waals surface area contributed by atoms with E-state index in [0.717, 1.165) is 24.5 Å². The molecule has 2 aromatic rings. The predicted molar refractivity (Wildman–Crippen MR) is 64.2 cm³/mol. The second kappa shape index (κ2) is 4.06. The molecule has 0 unspecified atom stereocenters. The molecule has 15 heavy (non-hydrogen) atoms. The molecule has 0 spiro atoms. The first kappa shape index (κ1) is 10.2. The Hall–Kier alpha value is -1.29. The minimum absolute atomic E-state index is 0.735. The van der Waals surface area contributed by atoms with Crippen LogP contribution in [0.1, 0.15) is 22.4 Å². The standard InChI is InChI=1S/C11H15N3S/c1-3-9-4-5-10(15-9)7-14-11(12)6-8(2)13-14/h4-6H,3,7,12H2,1-2H3. The number of nitrogens with zero attached hydrogens (tertiary/aromatic N) is 2. The molecule has 2 rings (SSSR count). The lowest BCUT2D eigenvalue weighted by Crippen LogP contribution is -2.04. The fraction of sp³-hybridized carbons (Fsp3) is 0.364. The van der Waals surface area contributed by atoms with Crippen molar-refractivity contribution in [3.8, 4) is 0 Å². The Bertz CT molecular complexity index is 456. The summed E-state index contributed by atoms with van der Waals surface area (Å²) in [5, 5.41) is 4.34. The highest BCUT2D eigenvalue weighted by molar-refractivity contribution is 7.11. The van der Waals surface area contributed by atoms with E-state index in [1.54, 1.807) is 0 Å². The summed E-state index contributed by atoms with van der Waals surface area (Å²) in [6.45, 7) is 4.91. The molecule has 80 valence electrons. The molecule has 4 heteroatoms. The average molecular weight is 221 g/mol. The smallest absolute Gasteiger partial charge is 0.122 e. The first-order valence-corrected chi connectivity index (χ1v) is 5.88. The number of nitrogen functional groups attached to an aromatic ring is 1. The van der Waals surface area contributed by atoms with Gasteiger partial charge in [0.05, 0.1) is 12.2 Å². The first-order valence-electron chi connectivity index (χ1n) is 5.06. The van der Waals surface area contributed by atoms with Crippen LogP contribution in [0.4, 0.5) is 5.82 Å². The number of hydrogen-bond acceptors (Lipinski definition) is 3. The summed E-state index contributed by atoms with van der Waals surface area (Å²) in [5.41, 5.74) is 6.81. The van der Waals surface area contributed by atoms with E-state index in [0.29, 0.717) is 0 Å². The third-order valence-electron chi connectivity index (χ3n) is 2.30. The Morgan fingerprint density at radius 2 is 2.13 bits per heavy atom. The molecule has 2 heterocycles. The molecule has 0 aliphatic carbocycles. The average Bonchev–Trinajstić information content (AvgIpc) is 2.75. The van der Waals surface area contributed by atoms with E-state index in [4.69, 9.17) is 5.73 Å². The van der Waals surface area contributed by atoms with Gasteiger partial charge in [0.25, 0.3) is 0 Å². The molecule has 2 aromatic heterocycles. The Morgan fingerprint density at radius 3 is 2.67 bits per heavy atom. The first-order chi connectivity index (χ1) is 7.19. The maximum Gasteiger partial charge on any atom is 0.122 e. The van der Waals surface area contributed by atoms with E-state index in [1.807, 2.05) is 29.0 Å². The van der Waals surface area contributed by atoms with Crippen molar-refractivity contribution in [1.82, 2.24) is 9.78 Å². The molecule has 0 saturated carbocycles. The van der Waals surface area contributed by atoms with Crippen molar-refractivity contribution in [3.63, 3.8) is 0 Å². The highest BCUT2D eigenvalue weighted by atomic mass is 32.1. The monoisotopic (exact) mass is 221 g/mol. The van der Waals surface area contributed by atoms with Gasteiger partial charge < -0.3 is 5.73 Å². The quantitative estimate of drug-likeness (QED) is 0.865. The van der Waals surface area contributed by atoms with E-state index in [2.05, 4.69) is 24.2 Å². The topological polar surface area (TPSA) is 43.8 Å². The van der Waals surface area contributed by atoms with Gasteiger partial charge in [0.15, 0.2) is 0 Å². The number of hydrogen-bond donors (Lipinski definition) is 1. The molecule has 0 aliphatic rings. The summed E-state index contributed by atoms with van der Waals surface area (Å²) >= 11 is 1.83. The summed E-state index contributed by atoms with van der Waals surface area (Å²) in [6.07, 6.45) is 1.10. The van der Waals surface area contributed by atoms with Crippen LogP contribution < -0.4 is 5.73 Å². The predicted octanol–water partition coefficient (Wildman–Crippen LogP) is 2.45. The fourth-order valence-electron chi connectivity index (χ4n) is 1.54. The Kier molecular flexibility index (Phi) is 2.77. The van der Waals surface area contributed by atoms with Crippen LogP contribution in [0.5, 0.6) is 0 Å². The molecule has 0 saturated heterocycles. The third kappa shape index (κ3) is 2.21. The normalized spacial score (nSPS) is 10.8. The van der Waals surface area contributed by atoms with Crippen molar-refractivity contribution in [2.45, 2.75) is 26.8 Å². The van der Waals surface area contributed by atoms with Crippen LogP contribution in [-0.4, -0.2) is 9.78 Å². The maximum atomic E-state index is 5.83. The number of rotatable bonds is 3. The maximum absolute atomic E-state index is 5.83. The number of aryl methyl sites for hydroxylation is 2. The van der Waals surface area contributed by atoms with Gasteiger partial charge in [-0.25, -0.2) is 4.68 Å². The lowest BCUT2D eigenvalue weighted by Gasteiger charge is -2.00. The van der Waals surface area contributed by atoms with Gasteiger partial charge in [-0.3, -0.25) is 0 Å². The van der Waals surface area contributed by atoms with Gasteiger partial charge in [-0.1, -0.05) is 6.92 Å². The molecule has 3 nitrogen and oxygen atoms in total. The van der Waals surface area contributed by atoms with Crippen molar-refractivity contribution in [2.24, 2.45) is 0 Å². The minimum atomic E-state index is 0.735. The van der Waals surface area contributed by atoms with Crippen LogP contribution in [0.2, 0.25) is 0 Å². The molecule has 0 atom stereocenters. The molecular formula is C11H15N3S. The highest BCUT2D eigenvalue weighted by Gasteiger charge is 2.04. The lowest BCUT2D eigenvalue weighted by atomic mass is 10.4. The molecule has 0 radical (unpaired) electrons. The van der Waals surface area contributed by atoms with Gasteiger partial charge in [-0.2, -0.15) is 5.10 Å². The van der Waals surface area contributed by atoms with E-state index in [1.165, 1.54) is 9.75 Å². The second-order valence-electron chi connectivity index (χ2n) is 3.59. The molecule has 0 aromatic carbocycles. The van der Waals surface area contributed by atoms with Crippen molar-refractivity contribution < 1.29 is 0 Å². The summed E-state index contributed by atoms with van der Waals surface area (Å²) in [7, 11) is 0. The fourth-order valence-corrected chi connectivity index (χ4v) is 2.48. The molecule has 0 fully saturated rings. The summed E-state index contributed by atoms with van der Waals surface area (Å²) in [6, 6.07) is 6.22. The lowest BCUT2D eigenvalue weighted by molar-refractivity contribution is 0.697. The SMILES string of the molecule is CCc1ccc(Cn2nc(C)cc2N)s1. The molecule has 0 aliphatic heterocycles. The zero-order valence-corrected chi connectivity index (χ0v) is 9.84. The van der Waals surface area contributed by atoms with Crippen LogP contribution in [-0.2, 0) is 13.0 Å². The van der Waals surface area contributed by atoms with Gasteiger partial charge >= 0.3 is 0 Å². The van der Waals surface area contributed by atoms with Gasteiger partial charge in [0.1, 0.15) is 5.82 Å². The van der Waals surface area contributed by atoms with Crippen LogP contribution in [0.25, 0.3) is 0 Å². The van der Waals surface area contributed by atoms with Crippen molar-refractivity contribution in [3.05, 3.63) is 33.6 Å². The van der Waals surface area contributed by atoms with Crippen molar-refractivity contribution >= 4 is 17.2 Å². The Balaban J connectivity index is 2.17. The molecule has 2 N–H and O–H groups in total. The Morgan fingerprint density at radius 1 is 1.40 bits per heavy atom. The summed E-state index contributed by atoms with van der Waals surface area (Å²) in [5.74, 6) is 0.735. The van der Waals surface area contributed by atoms with Gasteiger partial charge in [-0.05, 0) is 25.5 Å². The van der Waals surface area contributed by atoms with Gasteiger partial charge in [0.2, 0.25) is 0 Å². The zero-order chi connectivity index (χ0) is 10.8. The number of anilines is 1. The van der Waals surface area contributed by atoms with E-state index < -0.39 is 0 Å². The van der Waals surface area contributed by atoms with E-state index >= 15 is 0 Å². The minimum Gasteiger partial charge on any atom is -0.384 e. The van der Waals surface area contributed by atoms with E-state index in [9.17, 15) is 0 Å². The highest BCUT2D eigenvalue weighted by Crippen LogP contribution is 2.19. The van der Waals surface area contributed by atoms with Crippen LogP contribution in [0, 0.1) is 6.92 Å². The van der Waals surface area contributed by atoms with Crippen molar-refractivity contribution in [1.29, 1.82) is 0 Å². The summed E-state index contributed by atoms with van der Waals surface area (Å²) < 4.78 is 1.85. The number of aromatic nitrogens is 2. The van der Waals surface area contributed by atoms with Gasteiger partial charge in [0, 0.05) is 15.8 Å². The molecule has 0 bridgehead atoms. The largest absolute Gasteiger partial charge is 0.384 e. The summed E-state index contributed by atoms with van der Waals surface area (Å²) in [4.78, 5) is 2.72. The van der Waals surface area contributed by atoms with Crippen LogP contribution in [0.3, 0.4) is 0 Å². The van der Waals surface area contributed by atoms with E-state index in [-0.39, 0.29) is 0 Å². The zero-order valence-electron chi connectivity index (χ0n) is 9.03. The third-order valence-corrected chi connectivity index (χ3v) is 3.52. The number of thiophene rings is 1. The second-order valence-corrected chi connectivity index (χ2v) is 4.84. The van der Waals surface area contributed by atoms with Crippen molar-refractivity contribution in [2.75, 3.05) is 5.73 Å². The van der Waals surface area contributed by atoms with Crippen LogP contribution >= 0.6 is 11.3 Å². The van der Waals surface area contributed by atoms with Gasteiger partial charge in [-0.15, -0.1) is 11.3 Å². The number of nitrogens with two attached hydrogens (primary N) is 1. The molecule has 0 amide bonds. The van der Waals surface area contributed by atoms with Crippen LogP contribution in [0.15, 0.2) is 18.2 Å². The molecular weight excluding hydrogens is 206 g/mol. The Labute approximate surface area is 93.5 Å².